The molecule has 2 aromatic rings. The fourth-order valence-electron chi connectivity index (χ4n) is 4.13. The number of nitrogens with one attached hydrogen (secondary N) is 1. The van der Waals surface area contributed by atoms with Crippen molar-refractivity contribution in [3.8, 4) is 0 Å². The van der Waals surface area contributed by atoms with Gasteiger partial charge in [-0.15, -0.1) is 0 Å². The lowest BCUT2D eigenvalue weighted by atomic mass is 9.94. The molecule has 1 saturated heterocycles. The number of anilines is 1. The normalized spacial score (nSPS) is 19.5. The van der Waals surface area contributed by atoms with Crippen LogP contribution in [0.4, 0.5) is 23.7 Å². The lowest BCUT2D eigenvalue weighted by Gasteiger charge is -2.39. The molecule has 2 amide bonds. The predicted molar refractivity (Wildman–Crippen MR) is 110 cm³/mol. The van der Waals surface area contributed by atoms with E-state index in [-0.39, 0.29) is 24.0 Å². The smallest absolute Gasteiger partial charge is 0.418 e. The molecular weight excluding hydrogens is 413 g/mol. The number of pyridine rings is 1. The van der Waals surface area contributed by atoms with Crippen LogP contribution in [-0.2, 0) is 11.0 Å². The number of carbonyl (C=O) groups excluding carboxylic acids is 1. The van der Waals surface area contributed by atoms with Crippen LogP contribution < -0.4 is 10.2 Å². The summed E-state index contributed by atoms with van der Waals surface area (Å²) in [5.41, 5.74) is -0.149. The van der Waals surface area contributed by atoms with Crippen LogP contribution in [-0.4, -0.2) is 59.2 Å². The van der Waals surface area contributed by atoms with Gasteiger partial charge >= 0.3 is 12.3 Å². The Morgan fingerprint density at radius 3 is 2.68 bits per heavy atom. The third-order valence-electron chi connectivity index (χ3n) is 5.43. The first kappa shape index (κ1) is 22.8. The molecule has 0 unspecified atom stereocenters. The van der Waals surface area contributed by atoms with E-state index in [1.807, 2.05) is 4.90 Å². The predicted octanol–water partition coefficient (Wildman–Crippen LogP) is 3.58. The van der Waals surface area contributed by atoms with Crippen molar-refractivity contribution in [3.05, 3.63) is 36.0 Å². The molecule has 31 heavy (non-hydrogen) atoms. The highest BCUT2D eigenvalue weighted by Crippen LogP contribution is 2.38. The topological polar surface area (TPSA) is 85.8 Å². The number of fused-ring (bicyclic) bond motifs is 1. The molecule has 0 aliphatic carbocycles. The van der Waals surface area contributed by atoms with Crippen LogP contribution in [0.1, 0.15) is 25.8 Å². The van der Waals surface area contributed by atoms with Gasteiger partial charge in [-0.3, -0.25) is 9.78 Å². The molecule has 168 valence electrons. The highest BCUT2D eigenvalue weighted by atomic mass is 19.4. The summed E-state index contributed by atoms with van der Waals surface area (Å²) < 4.78 is 40.2. The van der Waals surface area contributed by atoms with Gasteiger partial charge in [-0.1, -0.05) is 6.92 Å². The average Bonchev–Trinajstić information content (AvgIpc) is 2.68. The minimum Gasteiger partial charge on any atom is -0.465 e. The Morgan fingerprint density at radius 1 is 1.29 bits per heavy atom. The first-order valence-electron chi connectivity index (χ1n) is 10.0. The first-order valence-corrected chi connectivity index (χ1v) is 10.0. The van der Waals surface area contributed by atoms with E-state index in [1.54, 1.807) is 12.1 Å². The second kappa shape index (κ2) is 9.09. The Hall–Kier alpha value is -2.88. The number of piperidine rings is 1. The molecule has 0 saturated carbocycles. The maximum Gasteiger partial charge on any atom is 0.418 e. The molecule has 1 aliphatic rings. The third kappa shape index (κ3) is 5.25. The summed E-state index contributed by atoms with van der Waals surface area (Å²) in [6, 6.07) is 5.83. The maximum absolute atomic E-state index is 13.4. The van der Waals surface area contributed by atoms with E-state index in [1.165, 1.54) is 19.2 Å². The number of rotatable bonds is 5. The van der Waals surface area contributed by atoms with E-state index in [9.17, 15) is 22.8 Å². The summed E-state index contributed by atoms with van der Waals surface area (Å²) in [5, 5.41) is 12.8. The van der Waals surface area contributed by atoms with Crippen molar-refractivity contribution in [2.24, 2.45) is 5.92 Å². The Bertz CT molecular complexity index is 953. The van der Waals surface area contributed by atoms with Crippen LogP contribution in [0.5, 0.6) is 0 Å². The summed E-state index contributed by atoms with van der Waals surface area (Å²) in [4.78, 5) is 29.3. The quantitative estimate of drug-likeness (QED) is 0.742. The fraction of sp³-hybridized carbons (Fsp3) is 0.476. The monoisotopic (exact) mass is 438 g/mol. The van der Waals surface area contributed by atoms with Crippen molar-refractivity contribution in [1.82, 2.24) is 15.2 Å². The van der Waals surface area contributed by atoms with Crippen LogP contribution in [0.25, 0.3) is 10.9 Å². The molecule has 0 bridgehead atoms. The number of imide groups is 1. The number of carbonyl (C=O) groups is 2. The molecule has 1 fully saturated rings. The van der Waals surface area contributed by atoms with Crippen LogP contribution in [0, 0.1) is 5.92 Å². The molecule has 3 rings (SSSR count). The number of amides is 2. The van der Waals surface area contributed by atoms with Gasteiger partial charge in [0.25, 0.3) is 0 Å². The van der Waals surface area contributed by atoms with Gasteiger partial charge in [0.15, 0.2) is 0 Å². The van der Waals surface area contributed by atoms with Gasteiger partial charge in [0.05, 0.1) is 11.1 Å². The molecule has 2 atom stereocenters. The highest BCUT2D eigenvalue weighted by Gasteiger charge is 2.34. The standard InChI is InChI=1S/C21H25F3N4O3/c1-13-10-15(25-8-9-28(14(2)29)20(30)31)12-27(11-13)18-6-5-17(21(22,23)24)19-16(18)4-3-7-26-19/h3-7,13,15,25H,8-12H2,1-2H3,(H,30,31)/t13-,15+/m0/s1. The fourth-order valence-corrected chi connectivity index (χ4v) is 4.13. The zero-order valence-corrected chi connectivity index (χ0v) is 17.3. The van der Waals surface area contributed by atoms with E-state index >= 15 is 0 Å². The van der Waals surface area contributed by atoms with Crippen LogP contribution in [0.3, 0.4) is 0 Å². The molecule has 1 aliphatic heterocycles. The number of halogens is 3. The molecular formula is C21H25F3N4O3. The Morgan fingerprint density at radius 2 is 2.03 bits per heavy atom. The number of carboxylic acid groups (broad SMARTS) is 1. The van der Waals surface area contributed by atoms with E-state index < -0.39 is 23.7 Å². The number of hydrogen-bond donors (Lipinski definition) is 2. The molecule has 7 nitrogen and oxygen atoms in total. The lowest BCUT2D eigenvalue weighted by Crippen LogP contribution is -2.50. The van der Waals surface area contributed by atoms with E-state index in [4.69, 9.17) is 5.11 Å². The van der Waals surface area contributed by atoms with Gasteiger partial charge in [0.2, 0.25) is 5.91 Å². The van der Waals surface area contributed by atoms with Crippen molar-refractivity contribution in [2.45, 2.75) is 32.5 Å². The Labute approximate surface area is 177 Å². The summed E-state index contributed by atoms with van der Waals surface area (Å²) in [5.74, 6) is -0.277. The maximum atomic E-state index is 13.4. The summed E-state index contributed by atoms with van der Waals surface area (Å²) in [7, 11) is 0. The van der Waals surface area contributed by atoms with Crippen molar-refractivity contribution in [1.29, 1.82) is 0 Å². The number of alkyl halides is 3. The SMILES string of the molecule is CC(=O)N(CCN[C@@H]1C[C@H](C)CN(c2ccc(C(F)(F)F)c3ncccc23)C1)C(=O)O. The second-order valence-electron chi connectivity index (χ2n) is 7.88. The largest absolute Gasteiger partial charge is 0.465 e. The highest BCUT2D eigenvalue weighted by molar-refractivity contribution is 5.94. The minimum atomic E-state index is -4.49. The summed E-state index contributed by atoms with van der Waals surface area (Å²) in [6.07, 6.45) is -3.59. The van der Waals surface area contributed by atoms with E-state index in [0.717, 1.165) is 17.4 Å². The Kier molecular flexibility index (Phi) is 6.68. The third-order valence-corrected chi connectivity index (χ3v) is 5.43. The molecule has 1 aromatic heterocycles. The van der Waals surface area contributed by atoms with Crippen LogP contribution in [0.2, 0.25) is 0 Å². The Balaban J connectivity index is 1.78. The number of benzene rings is 1. The molecule has 2 N–H and O–H groups in total. The van der Waals surface area contributed by atoms with Gasteiger partial charge in [0, 0.05) is 56.4 Å². The van der Waals surface area contributed by atoms with Crippen molar-refractivity contribution >= 4 is 28.6 Å². The number of aromatic nitrogens is 1. The lowest BCUT2D eigenvalue weighted by molar-refractivity contribution is -0.136. The van der Waals surface area contributed by atoms with Crippen molar-refractivity contribution in [3.63, 3.8) is 0 Å². The average molecular weight is 438 g/mol. The van der Waals surface area contributed by atoms with Crippen LogP contribution >= 0.6 is 0 Å². The zero-order valence-electron chi connectivity index (χ0n) is 17.3. The van der Waals surface area contributed by atoms with Crippen LogP contribution in [0.15, 0.2) is 30.5 Å². The first-order chi connectivity index (χ1) is 14.6. The summed E-state index contributed by atoms with van der Waals surface area (Å²) >= 11 is 0. The number of hydrogen-bond acceptors (Lipinski definition) is 5. The molecule has 0 spiro atoms. The van der Waals surface area contributed by atoms with Gasteiger partial charge in [-0.2, -0.15) is 13.2 Å². The second-order valence-corrected chi connectivity index (χ2v) is 7.88. The van der Waals surface area contributed by atoms with Crippen molar-refractivity contribution < 1.29 is 27.9 Å². The molecule has 10 heteroatoms. The summed E-state index contributed by atoms with van der Waals surface area (Å²) in [6.45, 7) is 4.82. The molecule has 2 heterocycles. The van der Waals surface area contributed by atoms with Gasteiger partial charge in [-0.25, -0.2) is 9.69 Å². The van der Waals surface area contributed by atoms with Gasteiger partial charge in [0.1, 0.15) is 0 Å². The minimum absolute atomic E-state index is 0.000340. The van der Waals surface area contributed by atoms with E-state index in [0.29, 0.717) is 30.7 Å². The number of nitrogens with zero attached hydrogens (tertiary/aromatic N) is 3. The zero-order chi connectivity index (χ0) is 22.8. The molecule has 1 aromatic carbocycles. The van der Waals surface area contributed by atoms with Gasteiger partial charge in [-0.05, 0) is 36.6 Å². The van der Waals surface area contributed by atoms with Crippen molar-refractivity contribution in [2.75, 3.05) is 31.1 Å². The molecule has 0 radical (unpaired) electrons. The van der Waals surface area contributed by atoms with Gasteiger partial charge < -0.3 is 15.3 Å². The van der Waals surface area contributed by atoms with E-state index in [2.05, 4.69) is 17.2 Å².